The average molecular weight is 268 g/mol. The van der Waals surface area contributed by atoms with E-state index in [1.165, 1.54) is 89.2 Å². The Labute approximate surface area is 122 Å². The van der Waals surface area contributed by atoms with Crippen LogP contribution < -0.4 is 5.32 Å². The fraction of sp³-hybridized carbons (Fsp3) is 0.889. The van der Waals surface area contributed by atoms with E-state index in [0.29, 0.717) is 0 Å². The second kappa shape index (κ2) is 15.6. The van der Waals surface area contributed by atoms with Crippen LogP contribution in [0.5, 0.6) is 0 Å². The second-order valence-electron chi connectivity index (χ2n) is 5.85. The molecule has 0 atom stereocenters. The van der Waals surface area contributed by atoms with Gasteiger partial charge in [0.05, 0.1) is 0 Å². The van der Waals surface area contributed by atoms with Gasteiger partial charge in [0.25, 0.3) is 0 Å². The van der Waals surface area contributed by atoms with Crippen LogP contribution in [-0.2, 0) is 0 Å². The van der Waals surface area contributed by atoms with Crippen LogP contribution >= 0.6 is 0 Å². The monoisotopic (exact) mass is 267 g/mol. The van der Waals surface area contributed by atoms with Crippen LogP contribution in [0, 0.1) is 0 Å². The first-order valence-electron chi connectivity index (χ1n) is 8.66. The van der Waals surface area contributed by atoms with Gasteiger partial charge in [-0.25, -0.2) is 0 Å². The smallest absolute Gasteiger partial charge is 0.00310 e. The maximum absolute atomic E-state index is 3.96. The van der Waals surface area contributed by atoms with E-state index in [9.17, 15) is 0 Å². The third-order valence-corrected chi connectivity index (χ3v) is 3.94. The lowest BCUT2D eigenvalue weighted by Crippen LogP contribution is -2.03. The summed E-state index contributed by atoms with van der Waals surface area (Å²) in [5, 5.41) is 3.11. The zero-order valence-electron chi connectivity index (χ0n) is 13.6. The van der Waals surface area contributed by atoms with Crippen molar-refractivity contribution in [2.24, 2.45) is 0 Å². The Balaban J connectivity index is 2.97. The summed E-state index contributed by atoms with van der Waals surface area (Å²) in [6, 6.07) is 0. The molecule has 0 saturated heterocycles. The molecular formula is C18H37N. The highest BCUT2D eigenvalue weighted by atomic mass is 14.8. The van der Waals surface area contributed by atoms with E-state index in [-0.39, 0.29) is 0 Å². The molecule has 0 spiro atoms. The van der Waals surface area contributed by atoms with Crippen molar-refractivity contribution < 1.29 is 0 Å². The average Bonchev–Trinajstić information content (AvgIpc) is 2.43. The molecule has 1 heteroatoms. The van der Waals surface area contributed by atoms with E-state index in [1.54, 1.807) is 0 Å². The van der Waals surface area contributed by atoms with Gasteiger partial charge < -0.3 is 5.32 Å². The lowest BCUT2D eigenvalue weighted by Gasteiger charge is -2.05. The van der Waals surface area contributed by atoms with Gasteiger partial charge in [-0.1, -0.05) is 90.6 Å². The molecule has 0 unspecified atom stereocenters. The molecule has 19 heavy (non-hydrogen) atoms. The number of hydrogen-bond acceptors (Lipinski definition) is 1. The molecule has 114 valence electrons. The van der Waals surface area contributed by atoms with Crippen molar-refractivity contribution >= 4 is 0 Å². The van der Waals surface area contributed by atoms with E-state index >= 15 is 0 Å². The van der Waals surface area contributed by atoms with Crippen LogP contribution in [0.3, 0.4) is 0 Å². The molecule has 0 aliphatic carbocycles. The van der Waals surface area contributed by atoms with Gasteiger partial charge in [0.1, 0.15) is 0 Å². The van der Waals surface area contributed by atoms with Crippen molar-refractivity contribution in [2.75, 3.05) is 7.05 Å². The Morgan fingerprint density at radius 1 is 0.684 bits per heavy atom. The normalized spacial score (nSPS) is 10.6. The van der Waals surface area contributed by atoms with Crippen LogP contribution in [-0.4, -0.2) is 7.05 Å². The van der Waals surface area contributed by atoms with Crippen molar-refractivity contribution in [3.05, 3.63) is 12.3 Å². The van der Waals surface area contributed by atoms with Gasteiger partial charge in [-0.05, 0) is 12.8 Å². The van der Waals surface area contributed by atoms with E-state index in [0.717, 1.165) is 6.42 Å². The van der Waals surface area contributed by atoms with Gasteiger partial charge in [0.15, 0.2) is 0 Å². The van der Waals surface area contributed by atoms with Gasteiger partial charge in [-0.3, -0.25) is 0 Å². The molecule has 0 saturated carbocycles. The molecule has 1 nitrogen and oxygen atoms in total. The highest BCUT2D eigenvalue weighted by Gasteiger charge is 1.94. The van der Waals surface area contributed by atoms with Crippen molar-refractivity contribution in [3.63, 3.8) is 0 Å². The van der Waals surface area contributed by atoms with Crippen molar-refractivity contribution in [1.29, 1.82) is 0 Å². The standard InChI is InChI=1S/C18H37N/c1-4-5-6-7-8-9-10-11-12-13-14-15-16-17-18(2)19-3/h19H,2,4-17H2,1,3H3. The predicted molar refractivity (Wildman–Crippen MR) is 88.5 cm³/mol. The zero-order valence-corrected chi connectivity index (χ0v) is 13.6. The number of unbranched alkanes of at least 4 members (excludes halogenated alkanes) is 12. The largest absolute Gasteiger partial charge is 0.392 e. The highest BCUT2D eigenvalue weighted by Crippen LogP contribution is 2.13. The summed E-state index contributed by atoms with van der Waals surface area (Å²) in [4.78, 5) is 0. The van der Waals surface area contributed by atoms with E-state index in [2.05, 4.69) is 18.8 Å². The van der Waals surface area contributed by atoms with Crippen molar-refractivity contribution in [2.45, 2.75) is 96.8 Å². The van der Waals surface area contributed by atoms with Gasteiger partial charge in [-0.2, -0.15) is 0 Å². The van der Waals surface area contributed by atoms with Crippen molar-refractivity contribution in [3.8, 4) is 0 Å². The van der Waals surface area contributed by atoms with Crippen LogP contribution in [0.15, 0.2) is 12.3 Å². The summed E-state index contributed by atoms with van der Waals surface area (Å²) in [6.45, 7) is 6.24. The maximum Gasteiger partial charge on any atom is 0.00310 e. The molecule has 0 aromatic carbocycles. The number of nitrogens with one attached hydrogen (secondary N) is 1. The predicted octanol–water partition coefficient (Wildman–Crippen LogP) is 6.20. The lowest BCUT2D eigenvalue weighted by molar-refractivity contribution is 0.538. The van der Waals surface area contributed by atoms with Gasteiger partial charge in [-0.15, -0.1) is 0 Å². The summed E-state index contributed by atoms with van der Waals surface area (Å²) < 4.78 is 0. The number of hydrogen-bond donors (Lipinski definition) is 1. The fourth-order valence-electron chi connectivity index (χ4n) is 2.48. The molecular weight excluding hydrogens is 230 g/mol. The summed E-state index contributed by atoms with van der Waals surface area (Å²) in [5.74, 6) is 0. The van der Waals surface area contributed by atoms with Crippen LogP contribution in [0.4, 0.5) is 0 Å². The summed E-state index contributed by atoms with van der Waals surface area (Å²) in [7, 11) is 1.96. The molecule has 1 N–H and O–H groups in total. The minimum Gasteiger partial charge on any atom is -0.392 e. The first-order valence-corrected chi connectivity index (χ1v) is 8.66. The van der Waals surface area contributed by atoms with Gasteiger partial charge in [0.2, 0.25) is 0 Å². The first-order chi connectivity index (χ1) is 9.31. The number of rotatable bonds is 15. The Morgan fingerprint density at radius 2 is 1.05 bits per heavy atom. The van der Waals surface area contributed by atoms with Crippen molar-refractivity contribution in [1.82, 2.24) is 5.32 Å². The maximum atomic E-state index is 3.96. The second-order valence-corrected chi connectivity index (χ2v) is 5.85. The lowest BCUT2D eigenvalue weighted by atomic mass is 10.0. The SMILES string of the molecule is C=C(CCCCCCCCCCCCCCC)NC. The summed E-state index contributed by atoms with van der Waals surface area (Å²) in [5.41, 5.74) is 1.18. The fourth-order valence-corrected chi connectivity index (χ4v) is 2.48. The molecule has 0 heterocycles. The summed E-state index contributed by atoms with van der Waals surface area (Å²) >= 11 is 0. The van der Waals surface area contributed by atoms with E-state index in [1.807, 2.05) is 7.05 Å². The highest BCUT2D eigenvalue weighted by molar-refractivity contribution is 4.88. The van der Waals surface area contributed by atoms with Crippen LogP contribution in [0.1, 0.15) is 96.8 Å². The molecule has 0 amide bonds. The van der Waals surface area contributed by atoms with Crippen LogP contribution in [0.25, 0.3) is 0 Å². The summed E-state index contributed by atoms with van der Waals surface area (Å²) in [6.07, 6.45) is 19.7. The Hall–Kier alpha value is -0.460. The minimum absolute atomic E-state index is 1.15. The molecule has 0 rings (SSSR count). The molecule has 0 bridgehead atoms. The molecule has 0 fully saturated rings. The van der Waals surface area contributed by atoms with E-state index in [4.69, 9.17) is 0 Å². The Bertz CT molecular complexity index is 186. The molecule has 0 radical (unpaired) electrons. The topological polar surface area (TPSA) is 12.0 Å². The molecule has 0 aliphatic heterocycles. The van der Waals surface area contributed by atoms with Gasteiger partial charge in [0, 0.05) is 12.7 Å². The quantitative estimate of drug-likeness (QED) is 0.348. The zero-order chi connectivity index (χ0) is 14.2. The third-order valence-electron chi connectivity index (χ3n) is 3.94. The third kappa shape index (κ3) is 15.5. The van der Waals surface area contributed by atoms with Gasteiger partial charge >= 0.3 is 0 Å². The molecule has 0 aromatic rings. The molecule has 0 aliphatic rings. The first kappa shape index (κ1) is 18.5. The van der Waals surface area contributed by atoms with Crippen LogP contribution in [0.2, 0.25) is 0 Å². The Morgan fingerprint density at radius 3 is 1.42 bits per heavy atom. The van der Waals surface area contributed by atoms with E-state index < -0.39 is 0 Å². The Kier molecular flexibility index (Phi) is 15.2. The minimum atomic E-state index is 1.15. The molecule has 0 aromatic heterocycles. The number of allylic oxidation sites excluding steroid dienone is 1.